The quantitative estimate of drug-likeness (QED) is 0.839. The lowest BCUT2D eigenvalue weighted by Crippen LogP contribution is -2.45. The number of benzene rings is 1. The lowest BCUT2D eigenvalue weighted by molar-refractivity contribution is -0.135. The van der Waals surface area contributed by atoms with Gasteiger partial charge in [0, 0.05) is 45.6 Å². The van der Waals surface area contributed by atoms with Crippen LogP contribution < -0.4 is 5.73 Å². The second-order valence-corrected chi connectivity index (χ2v) is 6.78. The zero-order valence-corrected chi connectivity index (χ0v) is 16.0. The fourth-order valence-electron chi connectivity index (χ4n) is 3.21. The van der Waals surface area contributed by atoms with Crippen molar-refractivity contribution in [1.29, 1.82) is 0 Å². The lowest BCUT2D eigenvalue weighted by atomic mass is 9.92. The first kappa shape index (κ1) is 21.5. The highest BCUT2D eigenvalue weighted by Gasteiger charge is 2.26. The van der Waals surface area contributed by atoms with Gasteiger partial charge in [0.2, 0.25) is 11.8 Å². The Kier molecular flexibility index (Phi) is 8.93. The number of carbonyl (C=O) groups excluding carboxylic acids is 2. The highest BCUT2D eigenvalue weighted by Crippen LogP contribution is 2.19. The highest BCUT2D eigenvalue weighted by molar-refractivity contribution is 5.85. The third-order valence-electron chi connectivity index (χ3n) is 4.81. The predicted octanol–water partition coefficient (Wildman–Crippen LogP) is 2.43. The molecule has 2 amide bonds. The number of nitrogens with two attached hydrogens (primary N) is 1. The van der Waals surface area contributed by atoms with E-state index in [-0.39, 0.29) is 30.3 Å². The Bertz CT molecular complexity index is 551. The second-order valence-electron chi connectivity index (χ2n) is 6.78. The van der Waals surface area contributed by atoms with E-state index in [2.05, 4.69) is 0 Å². The molecule has 0 spiro atoms. The van der Waals surface area contributed by atoms with Crippen molar-refractivity contribution in [1.82, 2.24) is 9.80 Å². The summed E-state index contributed by atoms with van der Waals surface area (Å²) in [6.07, 6.45) is 2.48. The molecule has 2 unspecified atom stereocenters. The van der Waals surface area contributed by atoms with Crippen LogP contribution in [0, 0.1) is 5.92 Å². The second kappa shape index (κ2) is 10.4. The Balaban J connectivity index is 0.00000312. The van der Waals surface area contributed by atoms with Crippen molar-refractivity contribution in [2.75, 3.05) is 19.6 Å². The van der Waals surface area contributed by atoms with Crippen LogP contribution in [0.4, 0.5) is 0 Å². The van der Waals surface area contributed by atoms with Crippen molar-refractivity contribution in [3.05, 3.63) is 35.9 Å². The van der Waals surface area contributed by atoms with E-state index >= 15 is 0 Å². The van der Waals surface area contributed by atoms with E-state index in [0.717, 1.165) is 31.5 Å². The van der Waals surface area contributed by atoms with Gasteiger partial charge >= 0.3 is 0 Å². The van der Waals surface area contributed by atoms with Crippen LogP contribution in [0.2, 0.25) is 0 Å². The van der Waals surface area contributed by atoms with Crippen molar-refractivity contribution < 1.29 is 9.59 Å². The zero-order valence-electron chi connectivity index (χ0n) is 15.2. The number of hydrogen-bond acceptors (Lipinski definition) is 3. The van der Waals surface area contributed by atoms with Gasteiger partial charge in [-0.25, -0.2) is 0 Å². The van der Waals surface area contributed by atoms with Crippen LogP contribution in [-0.2, 0) is 16.1 Å². The fraction of sp³-hybridized carbons (Fsp3) is 0.579. The normalized spacial score (nSPS) is 18.2. The molecule has 1 aromatic rings. The first-order valence-electron chi connectivity index (χ1n) is 8.80. The molecule has 1 saturated heterocycles. The van der Waals surface area contributed by atoms with E-state index in [1.807, 2.05) is 42.2 Å². The van der Waals surface area contributed by atoms with Crippen molar-refractivity contribution in [2.45, 2.75) is 45.7 Å². The van der Waals surface area contributed by atoms with Crippen LogP contribution in [0.25, 0.3) is 0 Å². The van der Waals surface area contributed by atoms with Crippen LogP contribution in [0.5, 0.6) is 0 Å². The van der Waals surface area contributed by atoms with Crippen LogP contribution in [-0.4, -0.2) is 47.3 Å². The Morgan fingerprint density at radius 1 is 1.32 bits per heavy atom. The molecule has 1 fully saturated rings. The fourth-order valence-corrected chi connectivity index (χ4v) is 3.21. The summed E-state index contributed by atoms with van der Waals surface area (Å²) in [6, 6.07) is 9.98. The third-order valence-corrected chi connectivity index (χ3v) is 4.81. The van der Waals surface area contributed by atoms with E-state index in [1.165, 1.54) is 0 Å². The first-order chi connectivity index (χ1) is 11.5. The molecule has 0 saturated carbocycles. The molecule has 2 rings (SSSR count). The molecule has 0 aliphatic carbocycles. The minimum Gasteiger partial charge on any atom is -0.342 e. The average Bonchev–Trinajstić information content (AvgIpc) is 2.59. The number of hydrogen-bond donors (Lipinski definition) is 1. The molecular formula is C19H30ClN3O2. The van der Waals surface area contributed by atoms with Gasteiger partial charge in [0.05, 0.1) is 0 Å². The largest absolute Gasteiger partial charge is 0.342 e. The summed E-state index contributed by atoms with van der Waals surface area (Å²) < 4.78 is 0. The van der Waals surface area contributed by atoms with Crippen molar-refractivity contribution in [3.63, 3.8) is 0 Å². The van der Waals surface area contributed by atoms with Crippen LogP contribution in [0.1, 0.15) is 38.7 Å². The molecule has 5 nitrogen and oxygen atoms in total. The molecule has 0 bridgehead atoms. The molecule has 2 atom stereocenters. The summed E-state index contributed by atoms with van der Waals surface area (Å²) >= 11 is 0. The van der Waals surface area contributed by atoms with Gasteiger partial charge in [-0.05, 0) is 31.2 Å². The molecule has 6 heteroatoms. The molecule has 2 N–H and O–H groups in total. The molecule has 1 aromatic carbocycles. The monoisotopic (exact) mass is 367 g/mol. The van der Waals surface area contributed by atoms with E-state index in [0.29, 0.717) is 25.4 Å². The van der Waals surface area contributed by atoms with Crippen molar-refractivity contribution in [3.8, 4) is 0 Å². The number of likely N-dealkylation sites (tertiary alicyclic amines) is 1. The number of carbonyl (C=O) groups is 2. The van der Waals surface area contributed by atoms with Gasteiger partial charge in [-0.1, -0.05) is 30.3 Å². The summed E-state index contributed by atoms with van der Waals surface area (Å²) in [6.45, 7) is 6.13. The van der Waals surface area contributed by atoms with Gasteiger partial charge in [-0.15, -0.1) is 12.4 Å². The summed E-state index contributed by atoms with van der Waals surface area (Å²) in [5, 5.41) is 0. The molecule has 1 aliphatic heterocycles. The van der Waals surface area contributed by atoms with Gasteiger partial charge in [0.1, 0.15) is 0 Å². The Hall–Kier alpha value is -1.59. The summed E-state index contributed by atoms with van der Waals surface area (Å²) in [5.74, 6) is 0.509. The number of piperidine rings is 1. The molecule has 0 radical (unpaired) electrons. The van der Waals surface area contributed by atoms with E-state index in [9.17, 15) is 9.59 Å². The maximum Gasteiger partial charge on any atom is 0.224 e. The molecule has 140 valence electrons. The molecule has 25 heavy (non-hydrogen) atoms. The molecular weight excluding hydrogens is 338 g/mol. The van der Waals surface area contributed by atoms with E-state index in [4.69, 9.17) is 5.73 Å². The average molecular weight is 368 g/mol. The highest BCUT2D eigenvalue weighted by atomic mass is 35.5. The van der Waals surface area contributed by atoms with E-state index in [1.54, 1.807) is 11.8 Å². The zero-order chi connectivity index (χ0) is 17.5. The van der Waals surface area contributed by atoms with Crippen LogP contribution >= 0.6 is 12.4 Å². The Labute approximate surface area is 157 Å². The Morgan fingerprint density at radius 2 is 2.00 bits per heavy atom. The van der Waals surface area contributed by atoms with Gasteiger partial charge in [0.15, 0.2) is 0 Å². The SMILES string of the molecule is CC(=O)N(CCC(=O)N1CCCC(C(C)N)C1)Cc1ccccc1.Cl. The standard InChI is InChI=1S/C19H29N3O2.ClH/c1-15(20)18-9-6-11-22(14-18)19(24)10-12-21(16(2)23)13-17-7-4-3-5-8-17;/h3-5,7-8,15,18H,6,9-14,20H2,1-2H3;1H. The maximum atomic E-state index is 12.5. The number of rotatable bonds is 6. The van der Waals surface area contributed by atoms with Gasteiger partial charge < -0.3 is 15.5 Å². The number of halogens is 1. The number of nitrogens with zero attached hydrogens (tertiary/aromatic N) is 2. The van der Waals surface area contributed by atoms with Gasteiger partial charge in [0.25, 0.3) is 0 Å². The molecule has 1 heterocycles. The molecule has 1 aliphatic rings. The summed E-state index contributed by atoms with van der Waals surface area (Å²) in [4.78, 5) is 28.0. The number of amides is 2. The Morgan fingerprint density at radius 3 is 2.60 bits per heavy atom. The smallest absolute Gasteiger partial charge is 0.224 e. The van der Waals surface area contributed by atoms with Crippen molar-refractivity contribution >= 4 is 24.2 Å². The minimum atomic E-state index is -0.00115. The summed E-state index contributed by atoms with van der Waals surface area (Å²) in [7, 11) is 0. The minimum absolute atomic E-state index is 0. The van der Waals surface area contributed by atoms with Crippen LogP contribution in [0.3, 0.4) is 0 Å². The van der Waals surface area contributed by atoms with Crippen molar-refractivity contribution in [2.24, 2.45) is 11.7 Å². The van der Waals surface area contributed by atoms with Gasteiger partial charge in [-0.2, -0.15) is 0 Å². The maximum absolute atomic E-state index is 12.5. The summed E-state index contributed by atoms with van der Waals surface area (Å²) in [5.41, 5.74) is 7.07. The lowest BCUT2D eigenvalue weighted by Gasteiger charge is -2.35. The first-order valence-corrected chi connectivity index (χ1v) is 8.80. The third kappa shape index (κ3) is 6.67. The predicted molar refractivity (Wildman–Crippen MR) is 102 cm³/mol. The van der Waals surface area contributed by atoms with Crippen LogP contribution in [0.15, 0.2) is 30.3 Å². The van der Waals surface area contributed by atoms with Gasteiger partial charge in [-0.3, -0.25) is 9.59 Å². The van der Waals surface area contributed by atoms with E-state index < -0.39 is 0 Å². The molecule has 0 aromatic heterocycles. The topological polar surface area (TPSA) is 66.6 Å².